The van der Waals surface area contributed by atoms with Gasteiger partial charge in [0.05, 0.1) is 40.3 Å². The van der Waals surface area contributed by atoms with Crippen LogP contribution in [-0.2, 0) is 16.1 Å². The Labute approximate surface area is 180 Å². The van der Waals surface area contributed by atoms with Crippen molar-refractivity contribution >= 4 is 40.2 Å². The zero-order chi connectivity index (χ0) is 20.2. The molecule has 0 spiro atoms. The van der Waals surface area contributed by atoms with Crippen LogP contribution in [0.15, 0.2) is 23.6 Å². The fourth-order valence-corrected chi connectivity index (χ4v) is 4.92. The number of morpholine rings is 1. The second kappa shape index (κ2) is 9.43. The third-order valence-electron chi connectivity index (χ3n) is 5.58. The standard InChI is InChI=1S/C21H27ClN4O2S/c1-15-23-17(14-29-15)13-25-7-5-16(6-8-25)21(27)24-19-4-2-3-18(22)20(19)26-9-11-28-12-10-26/h2-4,14,16H,5-13H2,1H3,(H,24,27). The van der Waals surface area contributed by atoms with Gasteiger partial charge in [-0.2, -0.15) is 0 Å². The summed E-state index contributed by atoms with van der Waals surface area (Å²) in [6, 6.07) is 5.70. The van der Waals surface area contributed by atoms with Crippen molar-refractivity contribution in [3.63, 3.8) is 0 Å². The number of nitrogens with one attached hydrogen (secondary N) is 1. The first-order chi connectivity index (χ1) is 14.1. The molecule has 0 bridgehead atoms. The molecule has 3 heterocycles. The number of piperidine rings is 1. The first kappa shape index (κ1) is 20.6. The molecule has 0 unspecified atom stereocenters. The van der Waals surface area contributed by atoms with Gasteiger partial charge in [-0.3, -0.25) is 9.69 Å². The van der Waals surface area contributed by atoms with Crippen LogP contribution in [0.2, 0.25) is 5.02 Å². The number of carbonyl (C=O) groups excluding carboxylic acids is 1. The summed E-state index contributed by atoms with van der Waals surface area (Å²) in [4.78, 5) is 22.1. The Morgan fingerprint density at radius 1 is 1.28 bits per heavy atom. The number of para-hydroxylation sites is 1. The van der Waals surface area contributed by atoms with E-state index in [1.807, 2.05) is 25.1 Å². The molecule has 2 aromatic rings. The van der Waals surface area contributed by atoms with E-state index in [0.29, 0.717) is 18.2 Å². The summed E-state index contributed by atoms with van der Waals surface area (Å²) in [5.74, 6) is 0.117. The minimum Gasteiger partial charge on any atom is -0.378 e. The van der Waals surface area contributed by atoms with Crippen molar-refractivity contribution in [2.45, 2.75) is 26.3 Å². The van der Waals surface area contributed by atoms with Gasteiger partial charge in [-0.15, -0.1) is 11.3 Å². The summed E-state index contributed by atoms with van der Waals surface area (Å²) in [5, 5.41) is 7.05. The van der Waals surface area contributed by atoms with Crippen molar-refractivity contribution in [2.75, 3.05) is 49.6 Å². The second-order valence-electron chi connectivity index (χ2n) is 7.63. The molecule has 6 nitrogen and oxygen atoms in total. The maximum absolute atomic E-state index is 13.0. The van der Waals surface area contributed by atoms with E-state index in [9.17, 15) is 4.79 Å². The number of anilines is 2. The third-order valence-corrected chi connectivity index (χ3v) is 6.71. The highest BCUT2D eigenvalue weighted by molar-refractivity contribution is 7.09. The van der Waals surface area contributed by atoms with E-state index in [4.69, 9.17) is 16.3 Å². The number of nitrogens with zero attached hydrogens (tertiary/aromatic N) is 3. The van der Waals surface area contributed by atoms with Crippen LogP contribution in [0.3, 0.4) is 0 Å². The number of aryl methyl sites for hydroxylation is 1. The Morgan fingerprint density at radius 2 is 2.03 bits per heavy atom. The van der Waals surface area contributed by atoms with E-state index in [0.717, 1.165) is 67.6 Å². The van der Waals surface area contributed by atoms with Gasteiger partial charge < -0.3 is 15.0 Å². The van der Waals surface area contributed by atoms with Crippen molar-refractivity contribution in [2.24, 2.45) is 5.92 Å². The molecule has 8 heteroatoms. The average Bonchev–Trinajstić information content (AvgIpc) is 3.14. The van der Waals surface area contributed by atoms with Crippen molar-refractivity contribution in [3.8, 4) is 0 Å². The number of thiazole rings is 1. The van der Waals surface area contributed by atoms with Crippen molar-refractivity contribution in [3.05, 3.63) is 39.3 Å². The number of ether oxygens (including phenoxy) is 1. The van der Waals surface area contributed by atoms with Crippen molar-refractivity contribution in [1.29, 1.82) is 0 Å². The molecule has 2 aliphatic rings. The van der Waals surface area contributed by atoms with Crippen LogP contribution in [0, 0.1) is 12.8 Å². The van der Waals surface area contributed by atoms with E-state index < -0.39 is 0 Å². The molecule has 2 fully saturated rings. The molecule has 1 aromatic heterocycles. The van der Waals surface area contributed by atoms with E-state index in [2.05, 4.69) is 25.5 Å². The lowest BCUT2D eigenvalue weighted by Crippen LogP contribution is -2.39. The Bertz CT molecular complexity index is 845. The van der Waals surface area contributed by atoms with Crippen LogP contribution in [0.25, 0.3) is 0 Å². The zero-order valence-corrected chi connectivity index (χ0v) is 18.3. The van der Waals surface area contributed by atoms with Gasteiger partial charge in [-0.1, -0.05) is 17.7 Å². The summed E-state index contributed by atoms with van der Waals surface area (Å²) in [5.41, 5.74) is 2.83. The number of hydrogen-bond acceptors (Lipinski definition) is 6. The predicted molar refractivity (Wildman–Crippen MR) is 118 cm³/mol. The van der Waals surface area contributed by atoms with E-state index in [1.165, 1.54) is 0 Å². The van der Waals surface area contributed by atoms with Gasteiger partial charge >= 0.3 is 0 Å². The molecule has 0 aliphatic carbocycles. The Morgan fingerprint density at radius 3 is 2.72 bits per heavy atom. The Hall–Kier alpha value is -1.67. The predicted octanol–water partition coefficient (Wildman–Crippen LogP) is 3.79. The molecule has 0 atom stereocenters. The molecule has 1 N–H and O–H groups in total. The monoisotopic (exact) mass is 434 g/mol. The molecule has 0 saturated carbocycles. The van der Waals surface area contributed by atoms with Crippen LogP contribution in [0.5, 0.6) is 0 Å². The van der Waals surface area contributed by atoms with E-state index in [-0.39, 0.29) is 11.8 Å². The summed E-state index contributed by atoms with van der Waals surface area (Å²) in [6.07, 6.45) is 1.73. The molecule has 0 radical (unpaired) electrons. The number of halogens is 1. The van der Waals surface area contributed by atoms with Gasteiger partial charge in [-0.05, 0) is 45.0 Å². The molecular weight excluding hydrogens is 408 g/mol. The SMILES string of the molecule is Cc1nc(CN2CCC(C(=O)Nc3cccc(Cl)c3N3CCOCC3)CC2)cs1. The number of carbonyl (C=O) groups is 1. The number of benzene rings is 1. The van der Waals surface area contributed by atoms with Crippen LogP contribution in [0.1, 0.15) is 23.5 Å². The topological polar surface area (TPSA) is 57.7 Å². The smallest absolute Gasteiger partial charge is 0.227 e. The largest absolute Gasteiger partial charge is 0.378 e. The molecule has 156 valence electrons. The van der Waals surface area contributed by atoms with Gasteiger partial charge in [0.15, 0.2) is 0 Å². The average molecular weight is 435 g/mol. The van der Waals surface area contributed by atoms with Crippen LogP contribution < -0.4 is 10.2 Å². The Balaban J connectivity index is 1.36. The van der Waals surface area contributed by atoms with Gasteiger partial charge in [0.1, 0.15) is 0 Å². The van der Waals surface area contributed by atoms with Crippen molar-refractivity contribution in [1.82, 2.24) is 9.88 Å². The normalized spacial score (nSPS) is 18.8. The maximum atomic E-state index is 13.0. The quantitative estimate of drug-likeness (QED) is 0.775. The summed E-state index contributed by atoms with van der Waals surface area (Å²) in [6.45, 7) is 7.65. The maximum Gasteiger partial charge on any atom is 0.227 e. The molecule has 1 aromatic carbocycles. The second-order valence-corrected chi connectivity index (χ2v) is 9.10. The summed E-state index contributed by atoms with van der Waals surface area (Å²) < 4.78 is 5.45. The lowest BCUT2D eigenvalue weighted by Gasteiger charge is -2.33. The highest BCUT2D eigenvalue weighted by Crippen LogP contribution is 2.35. The number of likely N-dealkylation sites (tertiary alicyclic amines) is 1. The number of amides is 1. The lowest BCUT2D eigenvalue weighted by molar-refractivity contribution is -0.121. The summed E-state index contributed by atoms with van der Waals surface area (Å²) in [7, 11) is 0. The zero-order valence-electron chi connectivity index (χ0n) is 16.7. The van der Waals surface area contributed by atoms with Crippen molar-refractivity contribution < 1.29 is 9.53 Å². The fraction of sp³-hybridized carbons (Fsp3) is 0.524. The number of aromatic nitrogens is 1. The minimum atomic E-state index is 0.0277. The van der Waals surface area contributed by atoms with E-state index >= 15 is 0 Å². The molecular formula is C21H27ClN4O2S. The molecule has 2 saturated heterocycles. The molecule has 4 rings (SSSR count). The minimum absolute atomic E-state index is 0.0277. The molecule has 2 aliphatic heterocycles. The summed E-state index contributed by atoms with van der Waals surface area (Å²) >= 11 is 8.17. The van der Waals surface area contributed by atoms with Gasteiger partial charge in [0.25, 0.3) is 0 Å². The third kappa shape index (κ3) is 5.09. The molecule has 29 heavy (non-hydrogen) atoms. The van der Waals surface area contributed by atoms with Gasteiger partial charge in [0.2, 0.25) is 5.91 Å². The highest BCUT2D eigenvalue weighted by atomic mass is 35.5. The highest BCUT2D eigenvalue weighted by Gasteiger charge is 2.27. The first-order valence-corrected chi connectivity index (χ1v) is 11.4. The number of hydrogen-bond donors (Lipinski definition) is 1. The fourth-order valence-electron chi connectivity index (χ4n) is 4.02. The van der Waals surface area contributed by atoms with E-state index in [1.54, 1.807) is 11.3 Å². The molecule has 1 amide bonds. The van der Waals surface area contributed by atoms with Gasteiger partial charge in [-0.25, -0.2) is 4.98 Å². The lowest BCUT2D eigenvalue weighted by atomic mass is 9.95. The van der Waals surface area contributed by atoms with Gasteiger partial charge in [0, 0.05) is 30.9 Å². The van der Waals surface area contributed by atoms with Crippen LogP contribution in [-0.4, -0.2) is 55.2 Å². The Kier molecular flexibility index (Phi) is 6.70. The van der Waals surface area contributed by atoms with Crippen LogP contribution >= 0.6 is 22.9 Å². The first-order valence-electron chi connectivity index (χ1n) is 10.2. The van der Waals surface area contributed by atoms with Crippen LogP contribution in [0.4, 0.5) is 11.4 Å². The number of rotatable bonds is 5.